The van der Waals surface area contributed by atoms with Crippen LogP contribution in [0.4, 0.5) is 0 Å². The highest BCUT2D eigenvalue weighted by Gasteiger charge is 2.02. The zero-order valence-electron chi connectivity index (χ0n) is 10.6. The zero-order valence-corrected chi connectivity index (χ0v) is 13.8. The van der Waals surface area contributed by atoms with Crippen LogP contribution >= 0.6 is 31.9 Å². The lowest BCUT2D eigenvalue weighted by Gasteiger charge is -2.09. The van der Waals surface area contributed by atoms with Gasteiger partial charge < -0.3 is 10.1 Å². The van der Waals surface area contributed by atoms with Gasteiger partial charge >= 0.3 is 0 Å². The Labute approximate surface area is 130 Å². The molecule has 0 amide bonds. The molecule has 2 nitrogen and oxygen atoms in total. The van der Waals surface area contributed by atoms with E-state index in [4.69, 9.17) is 4.74 Å². The maximum absolute atomic E-state index is 5.79. The Morgan fingerprint density at radius 1 is 1.00 bits per heavy atom. The van der Waals surface area contributed by atoms with Crippen LogP contribution in [0.3, 0.4) is 0 Å². The minimum atomic E-state index is 0.570. The quantitative estimate of drug-likeness (QED) is 0.818. The standard InChI is InChI=1S/C15H15Br2NO/c1-18-9-11-2-4-12(5-3-11)10-19-15-7-6-13(16)8-14(15)17/h2-8,18H,9-10H2,1H3. The van der Waals surface area contributed by atoms with Gasteiger partial charge in [-0.1, -0.05) is 40.2 Å². The largest absolute Gasteiger partial charge is 0.488 e. The number of hydrogen-bond acceptors (Lipinski definition) is 2. The lowest BCUT2D eigenvalue weighted by atomic mass is 10.1. The Bertz CT molecular complexity index is 540. The van der Waals surface area contributed by atoms with Crippen molar-refractivity contribution in [1.82, 2.24) is 5.32 Å². The van der Waals surface area contributed by atoms with Gasteiger partial charge in [0.1, 0.15) is 12.4 Å². The molecule has 100 valence electrons. The van der Waals surface area contributed by atoms with E-state index in [1.54, 1.807) is 0 Å². The van der Waals surface area contributed by atoms with Crippen molar-refractivity contribution in [1.29, 1.82) is 0 Å². The van der Waals surface area contributed by atoms with Crippen LogP contribution in [0, 0.1) is 0 Å². The molecule has 0 unspecified atom stereocenters. The van der Waals surface area contributed by atoms with E-state index < -0.39 is 0 Å². The first-order valence-corrected chi connectivity index (χ1v) is 7.58. The monoisotopic (exact) mass is 383 g/mol. The Morgan fingerprint density at radius 3 is 2.32 bits per heavy atom. The van der Waals surface area contributed by atoms with Gasteiger partial charge in [0.15, 0.2) is 0 Å². The highest BCUT2D eigenvalue weighted by atomic mass is 79.9. The maximum atomic E-state index is 5.79. The first-order valence-electron chi connectivity index (χ1n) is 5.99. The topological polar surface area (TPSA) is 21.3 Å². The summed E-state index contributed by atoms with van der Waals surface area (Å²) in [5.41, 5.74) is 2.44. The minimum Gasteiger partial charge on any atom is -0.488 e. The van der Waals surface area contributed by atoms with E-state index in [1.165, 1.54) is 5.56 Å². The predicted molar refractivity (Wildman–Crippen MR) is 85.4 cm³/mol. The van der Waals surface area contributed by atoms with Gasteiger partial charge in [0.05, 0.1) is 4.47 Å². The van der Waals surface area contributed by atoms with E-state index >= 15 is 0 Å². The van der Waals surface area contributed by atoms with Crippen molar-refractivity contribution in [3.8, 4) is 5.75 Å². The molecule has 0 fully saturated rings. The van der Waals surface area contributed by atoms with Crippen LogP contribution in [0.2, 0.25) is 0 Å². The van der Waals surface area contributed by atoms with E-state index in [-0.39, 0.29) is 0 Å². The summed E-state index contributed by atoms with van der Waals surface area (Å²) in [6.07, 6.45) is 0. The Morgan fingerprint density at radius 2 is 1.68 bits per heavy atom. The average Bonchev–Trinajstić information content (AvgIpc) is 2.40. The average molecular weight is 385 g/mol. The molecule has 0 aromatic heterocycles. The molecule has 0 spiro atoms. The molecule has 19 heavy (non-hydrogen) atoms. The van der Waals surface area contributed by atoms with Gasteiger partial charge in [0.25, 0.3) is 0 Å². The molecule has 0 heterocycles. The number of ether oxygens (including phenoxy) is 1. The van der Waals surface area contributed by atoms with Crippen molar-refractivity contribution in [2.75, 3.05) is 7.05 Å². The number of halogens is 2. The van der Waals surface area contributed by atoms with Crippen molar-refractivity contribution in [3.63, 3.8) is 0 Å². The fraction of sp³-hybridized carbons (Fsp3) is 0.200. The second kappa shape index (κ2) is 7.08. The second-order valence-electron chi connectivity index (χ2n) is 4.21. The molecule has 0 radical (unpaired) electrons. The third-order valence-electron chi connectivity index (χ3n) is 2.69. The van der Waals surface area contributed by atoms with Gasteiger partial charge in [-0.2, -0.15) is 0 Å². The first-order chi connectivity index (χ1) is 9.19. The summed E-state index contributed by atoms with van der Waals surface area (Å²) in [4.78, 5) is 0. The van der Waals surface area contributed by atoms with Crippen LogP contribution in [0.1, 0.15) is 11.1 Å². The molecule has 0 saturated carbocycles. The van der Waals surface area contributed by atoms with E-state index in [1.807, 2.05) is 25.2 Å². The van der Waals surface area contributed by atoms with E-state index in [2.05, 4.69) is 61.4 Å². The van der Waals surface area contributed by atoms with Crippen molar-refractivity contribution in [2.24, 2.45) is 0 Å². The highest BCUT2D eigenvalue weighted by molar-refractivity contribution is 9.11. The third kappa shape index (κ3) is 4.34. The van der Waals surface area contributed by atoms with Gasteiger partial charge in [-0.05, 0) is 52.3 Å². The summed E-state index contributed by atoms with van der Waals surface area (Å²) in [5, 5.41) is 3.13. The van der Waals surface area contributed by atoms with Gasteiger partial charge in [-0.15, -0.1) is 0 Å². The summed E-state index contributed by atoms with van der Waals surface area (Å²) in [6, 6.07) is 14.3. The summed E-state index contributed by atoms with van der Waals surface area (Å²) >= 11 is 6.91. The Kier molecular flexibility index (Phi) is 5.43. The summed E-state index contributed by atoms with van der Waals surface area (Å²) < 4.78 is 7.78. The van der Waals surface area contributed by atoms with Crippen molar-refractivity contribution in [3.05, 3.63) is 62.5 Å². The summed E-state index contributed by atoms with van der Waals surface area (Å²) in [6.45, 7) is 1.46. The fourth-order valence-corrected chi connectivity index (χ4v) is 2.87. The summed E-state index contributed by atoms with van der Waals surface area (Å²) in [5.74, 6) is 0.850. The van der Waals surface area contributed by atoms with E-state index in [0.29, 0.717) is 6.61 Å². The Hall–Kier alpha value is -0.840. The van der Waals surface area contributed by atoms with Crippen LogP contribution in [0.5, 0.6) is 5.75 Å². The van der Waals surface area contributed by atoms with Gasteiger partial charge in [0, 0.05) is 11.0 Å². The number of benzene rings is 2. The molecule has 2 aromatic carbocycles. The molecule has 0 atom stereocenters. The van der Waals surface area contributed by atoms with Crippen LogP contribution in [-0.2, 0) is 13.2 Å². The number of hydrogen-bond donors (Lipinski definition) is 1. The lowest BCUT2D eigenvalue weighted by molar-refractivity contribution is 0.304. The van der Waals surface area contributed by atoms with Crippen molar-refractivity contribution in [2.45, 2.75) is 13.2 Å². The normalized spacial score (nSPS) is 10.5. The van der Waals surface area contributed by atoms with E-state index in [0.717, 1.165) is 26.8 Å². The molecular formula is C15H15Br2NO. The van der Waals surface area contributed by atoms with Gasteiger partial charge in [0.2, 0.25) is 0 Å². The third-order valence-corrected chi connectivity index (χ3v) is 3.81. The van der Waals surface area contributed by atoms with Crippen molar-refractivity contribution >= 4 is 31.9 Å². The zero-order chi connectivity index (χ0) is 13.7. The fourth-order valence-electron chi connectivity index (χ4n) is 1.71. The molecule has 0 bridgehead atoms. The molecular weight excluding hydrogens is 370 g/mol. The molecule has 4 heteroatoms. The molecule has 0 aliphatic rings. The SMILES string of the molecule is CNCc1ccc(COc2ccc(Br)cc2Br)cc1. The van der Waals surface area contributed by atoms with Crippen LogP contribution < -0.4 is 10.1 Å². The second-order valence-corrected chi connectivity index (χ2v) is 5.98. The van der Waals surface area contributed by atoms with Crippen LogP contribution in [0.15, 0.2) is 51.4 Å². The molecule has 0 aliphatic carbocycles. The Balaban J connectivity index is 1.98. The van der Waals surface area contributed by atoms with Gasteiger partial charge in [-0.25, -0.2) is 0 Å². The maximum Gasteiger partial charge on any atom is 0.134 e. The van der Waals surface area contributed by atoms with Crippen molar-refractivity contribution < 1.29 is 4.74 Å². The van der Waals surface area contributed by atoms with Gasteiger partial charge in [-0.3, -0.25) is 0 Å². The molecule has 2 aromatic rings. The smallest absolute Gasteiger partial charge is 0.134 e. The van der Waals surface area contributed by atoms with Crippen LogP contribution in [-0.4, -0.2) is 7.05 Å². The molecule has 0 saturated heterocycles. The lowest BCUT2D eigenvalue weighted by Crippen LogP contribution is -2.05. The van der Waals surface area contributed by atoms with E-state index in [9.17, 15) is 0 Å². The summed E-state index contributed by atoms with van der Waals surface area (Å²) in [7, 11) is 1.95. The predicted octanol–water partition coefficient (Wildman–Crippen LogP) is 4.51. The molecule has 0 aliphatic heterocycles. The number of nitrogens with one attached hydrogen (secondary N) is 1. The molecule has 1 N–H and O–H groups in total. The molecule has 2 rings (SSSR count). The van der Waals surface area contributed by atoms with Crippen LogP contribution in [0.25, 0.3) is 0 Å². The highest BCUT2D eigenvalue weighted by Crippen LogP contribution is 2.28. The minimum absolute atomic E-state index is 0.570. The number of rotatable bonds is 5. The first kappa shape index (κ1) is 14.6.